The van der Waals surface area contributed by atoms with Gasteiger partial charge in [-0.2, -0.15) is 4.31 Å². The van der Waals surface area contributed by atoms with Gasteiger partial charge in [0.25, 0.3) is 5.91 Å². The summed E-state index contributed by atoms with van der Waals surface area (Å²) >= 11 is 1.39. The van der Waals surface area contributed by atoms with Crippen LogP contribution in [0, 0.1) is 0 Å². The highest BCUT2D eigenvalue weighted by atomic mass is 32.2. The topological polar surface area (TPSA) is 92.7 Å². The van der Waals surface area contributed by atoms with Gasteiger partial charge in [0, 0.05) is 31.0 Å². The van der Waals surface area contributed by atoms with Gasteiger partial charge >= 0.3 is 0 Å². The molecule has 0 saturated heterocycles. The average molecular weight is 539 g/mol. The van der Waals surface area contributed by atoms with Crippen LogP contribution in [0.4, 0.5) is 5.13 Å². The minimum atomic E-state index is -3.63. The van der Waals surface area contributed by atoms with Crippen molar-refractivity contribution in [2.24, 2.45) is 0 Å². The predicted octanol–water partition coefficient (Wildman–Crippen LogP) is 5.36. The van der Waals surface area contributed by atoms with Crippen LogP contribution in [0.2, 0.25) is 0 Å². The number of carbonyl (C=O) groups excluding carboxylic acids is 1. The first-order valence-corrected chi connectivity index (χ1v) is 14.4. The number of ether oxygens (including phenoxy) is 1. The van der Waals surface area contributed by atoms with E-state index in [9.17, 15) is 13.2 Å². The molecule has 37 heavy (non-hydrogen) atoms. The van der Waals surface area contributed by atoms with Gasteiger partial charge in [-0.05, 0) is 60.5 Å². The lowest BCUT2D eigenvalue weighted by Crippen LogP contribution is -2.32. The lowest BCUT2D eigenvalue weighted by molar-refractivity contribution is 0.0985. The van der Waals surface area contributed by atoms with Crippen molar-refractivity contribution in [2.75, 3.05) is 25.1 Å². The quantitative estimate of drug-likeness (QED) is 0.255. The van der Waals surface area contributed by atoms with E-state index in [-0.39, 0.29) is 17.3 Å². The maximum Gasteiger partial charge on any atom is 0.260 e. The number of hydrogen-bond donors (Lipinski definition) is 0. The number of methoxy groups -OCH3 is 1. The third-order valence-electron chi connectivity index (χ3n) is 5.98. The van der Waals surface area contributed by atoms with E-state index >= 15 is 0 Å². The normalized spacial score (nSPS) is 11.7. The summed E-state index contributed by atoms with van der Waals surface area (Å²) < 4.78 is 33.9. The molecule has 0 bridgehead atoms. The maximum absolute atomic E-state index is 13.7. The fourth-order valence-electron chi connectivity index (χ4n) is 3.89. The Morgan fingerprint density at radius 3 is 2.51 bits per heavy atom. The second-order valence-electron chi connectivity index (χ2n) is 8.46. The minimum Gasteiger partial charge on any atom is -0.497 e. The van der Waals surface area contributed by atoms with Crippen molar-refractivity contribution >= 4 is 42.6 Å². The van der Waals surface area contributed by atoms with Crippen LogP contribution in [0.15, 0.2) is 71.9 Å². The first-order valence-electron chi connectivity index (χ1n) is 12.1. The summed E-state index contributed by atoms with van der Waals surface area (Å²) in [5, 5.41) is 0.533. The summed E-state index contributed by atoms with van der Waals surface area (Å²) in [6.07, 6.45) is 5.09. The molecule has 0 spiro atoms. The van der Waals surface area contributed by atoms with Crippen molar-refractivity contribution in [3.05, 3.63) is 78.1 Å². The van der Waals surface area contributed by atoms with Crippen molar-refractivity contribution in [2.45, 2.75) is 38.1 Å². The number of nitrogens with zero attached hydrogens (tertiary/aromatic N) is 4. The molecule has 10 heteroatoms. The molecule has 0 unspecified atom stereocenters. The number of hydrogen-bond acceptors (Lipinski definition) is 7. The Morgan fingerprint density at radius 1 is 1.08 bits per heavy atom. The van der Waals surface area contributed by atoms with Gasteiger partial charge in [0.15, 0.2) is 5.13 Å². The van der Waals surface area contributed by atoms with E-state index in [0.717, 1.165) is 28.6 Å². The summed E-state index contributed by atoms with van der Waals surface area (Å²) in [4.78, 5) is 24.4. The molecule has 0 aliphatic heterocycles. The highest BCUT2D eigenvalue weighted by Gasteiger charge is 2.25. The molecule has 0 saturated carbocycles. The number of benzene rings is 2. The van der Waals surface area contributed by atoms with Crippen LogP contribution in [0.5, 0.6) is 5.75 Å². The molecular weight excluding hydrogens is 508 g/mol. The van der Waals surface area contributed by atoms with Gasteiger partial charge in [-0.3, -0.25) is 14.7 Å². The van der Waals surface area contributed by atoms with Crippen molar-refractivity contribution in [3.63, 3.8) is 0 Å². The molecule has 4 aromatic rings. The van der Waals surface area contributed by atoms with E-state index in [1.165, 1.54) is 27.8 Å². The number of rotatable bonds is 11. The van der Waals surface area contributed by atoms with Gasteiger partial charge in [-0.1, -0.05) is 37.7 Å². The zero-order valence-electron chi connectivity index (χ0n) is 21.1. The van der Waals surface area contributed by atoms with Gasteiger partial charge in [0.05, 0.1) is 28.8 Å². The van der Waals surface area contributed by atoms with Crippen LogP contribution in [0.1, 0.15) is 42.6 Å². The zero-order valence-corrected chi connectivity index (χ0v) is 22.8. The Morgan fingerprint density at radius 2 is 1.86 bits per heavy atom. The fourth-order valence-corrected chi connectivity index (χ4v) is 6.37. The number of pyridine rings is 1. The van der Waals surface area contributed by atoms with Gasteiger partial charge in [-0.15, -0.1) is 0 Å². The molecule has 1 amide bonds. The van der Waals surface area contributed by atoms with E-state index in [1.807, 2.05) is 44.2 Å². The molecular formula is C27H30N4O4S2. The summed E-state index contributed by atoms with van der Waals surface area (Å²) in [5.41, 5.74) is 1.98. The molecule has 2 aromatic carbocycles. The van der Waals surface area contributed by atoms with E-state index in [2.05, 4.69) is 4.98 Å². The number of carbonyl (C=O) groups is 1. The molecule has 0 aliphatic rings. The Kier molecular flexibility index (Phi) is 8.52. The largest absolute Gasteiger partial charge is 0.497 e. The molecule has 0 N–H and O–H groups in total. The molecule has 194 valence electrons. The van der Waals surface area contributed by atoms with Crippen LogP contribution in [-0.4, -0.2) is 48.8 Å². The molecule has 8 nitrogen and oxygen atoms in total. The van der Waals surface area contributed by atoms with Crippen molar-refractivity contribution in [1.82, 2.24) is 14.3 Å². The van der Waals surface area contributed by atoms with Gasteiger partial charge in [-0.25, -0.2) is 13.4 Å². The van der Waals surface area contributed by atoms with Gasteiger partial charge in [0.2, 0.25) is 10.0 Å². The van der Waals surface area contributed by atoms with Crippen molar-refractivity contribution < 1.29 is 17.9 Å². The summed E-state index contributed by atoms with van der Waals surface area (Å²) in [5.74, 6) is 0.432. The Bertz CT molecular complexity index is 1460. The molecule has 0 atom stereocenters. The highest BCUT2D eigenvalue weighted by Crippen LogP contribution is 2.33. The first-order chi connectivity index (χ1) is 17.9. The molecule has 0 fully saturated rings. The number of unbranched alkanes of at least 4 members (excludes halogenated alkanes) is 1. The highest BCUT2D eigenvalue weighted by molar-refractivity contribution is 7.89. The summed E-state index contributed by atoms with van der Waals surface area (Å²) in [6, 6.07) is 15.4. The van der Waals surface area contributed by atoms with Crippen LogP contribution in [0.25, 0.3) is 10.2 Å². The minimum absolute atomic E-state index is 0.174. The molecule has 4 rings (SSSR count). The number of aromatic nitrogens is 2. The monoisotopic (exact) mass is 538 g/mol. The van der Waals surface area contributed by atoms with Crippen LogP contribution in [-0.2, 0) is 16.6 Å². The standard InChI is InChI=1S/C27H30N4O4S2/c1-4-6-16-30(5-2)37(33,34)23-12-9-21(10-13-23)26(32)31(19-20-8-7-15-28-18-20)27-29-24-14-11-22(35-3)17-25(24)36-27/h7-15,17-18H,4-6,16,19H2,1-3H3. The molecule has 2 heterocycles. The lowest BCUT2D eigenvalue weighted by atomic mass is 10.2. The van der Waals surface area contributed by atoms with Crippen molar-refractivity contribution in [1.29, 1.82) is 0 Å². The van der Waals surface area contributed by atoms with Gasteiger partial charge in [0.1, 0.15) is 5.75 Å². The Hall–Kier alpha value is -3.34. The Balaban J connectivity index is 1.67. The number of anilines is 1. The predicted molar refractivity (Wildman–Crippen MR) is 147 cm³/mol. The first kappa shape index (κ1) is 26.7. The second kappa shape index (κ2) is 11.8. The van der Waals surface area contributed by atoms with E-state index in [1.54, 1.807) is 36.5 Å². The number of fused-ring (bicyclic) bond motifs is 1. The van der Waals surface area contributed by atoms with E-state index < -0.39 is 10.0 Å². The van der Waals surface area contributed by atoms with Crippen molar-refractivity contribution in [3.8, 4) is 5.75 Å². The number of sulfonamides is 1. The van der Waals surface area contributed by atoms with Crippen LogP contribution < -0.4 is 9.64 Å². The number of amides is 1. The van der Waals surface area contributed by atoms with Gasteiger partial charge < -0.3 is 4.74 Å². The smallest absolute Gasteiger partial charge is 0.260 e. The Labute approximate surface area is 221 Å². The summed E-state index contributed by atoms with van der Waals surface area (Å²) in [6.45, 7) is 4.99. The van der Waals surface area contributed by atoms with Crippen LogP contribution in [0.3, 0.4) is 0 Å². The second-order valence-corrected chi connectivity index (χ2v) is 11.4. The third kappa shape index (κ3) is 5.98. The van der Waals surface area contributed by atoms with E-state index in [0.29, 0.717) is 29.5 Å². The van der Waals surface area contributed by atoms with E-state index in [4.69, 9.17) is 9.72 Å². The SMILES string of the molecule is CCCCN(CC)S(=O)(=O)c1ccc(C(=O)N(Cc2cccnc2)c2nc3ccc(OC)cc3s2)cc1. The third-order valence-corrected chi connectivity index (χ3v) is 9.01. The zero-order chi connectivity index (χ0) is 26.4. The fraction of sp³-hybridized carbons (Fsp3) is 0.296. The average Bonchev–Trinajstić information content (AvgIpc) is 3.35. The molecule has 0 aliphatic carbocycles. The molecule has 2 aromatic heterocycles. The summed E-state index contributed by atoms with van der Waals surface area (Å²) in [7, 11) is -2.03. The maximum atomic E-state index is 13.7. The molecule has 0 radical (unpaired) electrons. The number of thiazole rings is 1. The van der Waals surface area contributed by atoms with Crippen LogP contribution >= 0.6 is 11.3 Å². The lowest BCUT2D eigenvalue weighted by Gasteiger charge is -2.21.